The highest BCUT2D eigenvalue weighted by molar-refractivity contribution is 7.18. The Morgan fingerprint density at radius 1 is 1.10 bits per heavy atom. The molecule has 0 saturated carbocycles. The number of rotatable bonds is 8. The molecule has 0 unspecified atom stereocenters. The van der Waals surface area contributed by atoms with E-state index in [4.69, 9.17) is 14.2 Å². The van der Waals surface area contributed by atoms with E-state index >= 15 is 0 Å². The van der Waals surface area contributed by atoms with Crippen molar-refractivity contribution in [3.8, 4) is 5.75 Å². The molecule has 0 saturated heterocycles. The zero-order chi connectivity index (χ0) is 22.4. The molecule has 30 heavy (non-hydrogen) atoms. The van der Waals surface area contributed by atoms with Crippen LogP contribution >= 0.6 is 11.3 Å². The van der Waals surface area contributed by atoms with Crippen molar-refractivity contribution in [3.63, 3.8) is 0 Å². The van der Waals surface area contributed by atoms with E-state index in [2.05, 4.69) is 5.32 Å². The minimum Gasteiger partial charge on any atom is -0.483 e. The Kier molecular flexibility index (Phi) is 8.00. The molecule has 7 nitrogen and oxygen atoms in total. The van der Waals surface area contributed by atoms with Crippen molar-refractivity contribution in [1.29, 1.82) is 0 Å². The van der Waals surface area contributed by atoms with Crippen molar-refractivity contribution < 1.29 is 28.6 Å². The maximum Gasteiger partial charge on any atom is 0.348 e. The van der Waals surface area contributed by atoms with Gasteiger partial charge in [-0.2, -0.15) is 0 Å². The number of esters is 2. The second kappa shape index (κ2) is 10.2. The minimum absolute atomic E-state index is 0.150. The molecule has 1 aromatic carbocycles. The fourth-order valence-corrected chi connectivity index (χ4v) is 3.87. The number of ether oxygens (including phenoxy) is 3. The van der Waals surface area contributed by atoms with Gasteiger partial charge < -0.3 is 19.5 Å². The number of nitrogens with one attached hydrogen (secondary N) is 1. The first-order chi connectivity index (χ1) is 14.1. The van der Waals surface area contributed by atoms with Crippen LogP contribution in [0.15, 0.2) is 18.2 Å². The first-order valence-electron chi connectivity index (χ1n) is 9.65. The number of aryl methyl sites for hydroxylation is 2. The molecule has 0 bridgehead atoms. The lowest BCUT2D eigenvalue weighted by molar-refractivity contribution is -0.118. The van der Waals surface area contributed by atoms with Gasteiger partial charge in [0.2, 0.25) is 0 Å². The number of carbonyl (C=O) groups excluding carboxylic acids is 3. The number of benzene rings is 1. The summed E-state index contributed by atoms with van der Waals surface area (Å²) in [5, 5.41) is 2.90. The van der Waals surface area contributed by atoms with Crippen LogP contribution in [0.25, 0.3) is 0 Å². The van der Waals surface area contributed by atoms with Crippen LogP contribution in [0.1, 0.15) is 57.5 Å². The van der Waals surface area contributed by atoms with E-state index in [-0.39, 0.29) is 34.8 Å². The van der Waals surface area contributed by atoms with Gasteiger partial charge >= 0.3 is 11.9 Å². The Bertz CT molecular complexity index is 947. The summed E-state index contributed by atoms with van der Waals surface area (Å²) in [6.45, 7) is 10.6. The molecule has 2 aromatic rings. The number of carbonyl (C=O) groups is 3. The largest absolute Gasteiger partial charge is 0.483 e. The summed E-state index contributed by atoms with van der Waals surface area (Å²) < 4.78 is 15.9. The van der Waals surface area contributed by atoms with Gasteiger partial charge in [0.05, 0.1) is 18.3 Å². The average molecular weight is 434 g/mol. The molecule has 0 spiro atoms. The monoisotopic (exact) mass is 433 g/mol. The molecule has 1 aromatic heterocycles. The van der Waals surface area contributed by atoms with E-state index in [0.717, 1.165) is 22.5 Å². The smallest absolute Gasteiger partial charge is 0.348 e. The van der Waals surface area contributed by atoms with Crippen molar-refractivity contribution in [3.05, 3.63) is 45.3 Å². The van der Waals surface area contributed by atoms with Gasteiger partial charge in [0.1, 0.15) is 15.6 Å². The molecule has 0 atom stereocenters. The third kappa shape index (κ3) is 5.82. The lowest BCUT2D eigenvalue weighted by Gasteiger charge is -2.10. The Morgan fingerprint density at radius 2 is 1.80 bits per heavy atom. The third-order valence-corrected chi connectivity index (χ3v) is 5.28. The highest BCUT2D eigenvalue weighted by Crippen LogP contribution is 2.34. The van der Waals surface area contributed by atoms with Crippen LogP contribution in [0.2, 0.25) is 0 Å². The first kappa shape index (κ1) is 23.4. The van der Waals surface area contributed by atoms with E-state index in [0.29, 0.717) is 11.3 Å². The van der Waals surface area contributed by atoms with Crippen LogP contribution in [0.3, 0.4) is 0 Å². The van der Waals surface area contributed by atoms with Crippen molar-refractivity contribution in [2.24, 2.45) is 0 Å². The van der Waals surface area contributed by atoms with Crippen LogP contribution in [-0.4, -0.2) is 37.2 Å². The Balaban J connectivity index is 2.22. The van der Waals surface area contributed by atoms with E-state index in [1.54, 1.807) is 33.8 Å². The normalized spacial score (nSPS) is 10.6. The zero-order valence-corrected chi connectivity index (χ0v) is 18.9. The highest BCUT2D eigenvalue weighted by Gasteiger charge is 2.27. The van der Waals surface area contributed by atoms with Crippen molar-refractivity contribution in [2.45, 2.75) is 47.6 Å². The summed E-state index contributed by atoms with van der Waals surface area (Å²) in [5.41, 5.74) is 2.58. The van der Waals surface area contributed by atoms with Crippen molar-refractivity contribution in [2.75, 3.05) is 18.5 Å². The number of thiophene rings is 1. The summed E-state index contributed by atoms with van der Waals surface area (Å²) in [6.07, 6.45) is -0.311. The number of anilines is 1. The lowest BCUT2D eigenvalue weighted by Crippen LogP contribution is -2.21. The Morgan fingerprint density at radius 3 is 2.40 bits per heavy atom. The summed E-state index contributed by atoms with van der Waals surface area (Å²) in [4.78, 5) is 37.5. The van der Waals surface area contributed by atoms with Gasteiger partial charge in [-0.05, 0) is 58.7 Å². The maximum atomic E-state index is 12.5. The molecule has 1 N–H and O–H groups in total. The highest BCUT2D eigenvalue weighted by atomic mass is 32.1. The van der Waals surface area contributed by atoms with Crippen molar-refractivity contribution in [1.82, 2.24) is 0 Å². The standard InChI is InChI=1S/C22H27NO6S/c1-7-27-21(25)18-15(6)19(22(26)29-12(2)3)30-20(18)23-17(24)11-28-16-9-8-13(4)10-14(16)5/h8-10,12H,7,11H2,1-6H3,(H,23,24). The fraction of sp³-hybridized carbons (Fsp3) is 0.409. The SMILES string of the molecule is CCOC(=O)c1c(NC(=O)COc2ccc(C)cc2C)sc(C(=O)OC(C)C)c1C. The predicted octanol–water partition coefficient (Wildman–Crippen LogP) is 4.43. The van der Waals surface area contributed by atoms with Crippen LogP contribution < -0.4 is 10.1 Å². The quantitative estimate of drug-likeness (QED) is 0.619. The summed E-state index contributed by atoms with van der Waals surface area (Å²) >= 11 is 0.983. The van der Waals surface area contributed by atoms with Gasteiger partial charge in [0.25, 0.3) is 5.91 Å². The van der Waals surface area contributed by atoms with Gasteiger partial charge in [-0.15, -0.1) is 11.3 Å². The van der Waals surface area contributed by atoms with Crippen LogP contribution in [0.5, 0.6) is 5.75 Å². The molecular weight excluding hydrogens is 406 g/mol. The van der Waals surface area contributed by atoms with Gasteiger partial charge in [0.15, 0.2) is 6.61 Å². The molecular formula is C22H27NO6S. The summed E-state index contributed by atoms with van der Waals surface area (Å²) in [6, 6.07) is 5.66. The van der Waals surface area contributed by atoms with E-state index < -0.39 is 17.8 Å². The van der Waals surface area contributed by atoms with Crippen LogP contribution in [-0.2, 0) is 14.3 Å². The zero-order valence-electron chi connectivity index (χ0n) is 18.1. The Labute approximate surface area is 180 Å². The molecule has 162 valence electrons. The minimum atomic E-state index is -0.611. The third-order valence-electron chi connectivity index (χ3n) is 4.10. The topological polar surface area (TPSA) is 90.9 Å². The van der Waals surface area contributed by atoms with E-state index in [9.17, 15) is 14.4 Å². The van der Waals surface area contributed by atoms with E-state index in [1.165, 1.54) is 0 Å². The molecule has 0 aliphatic rings. The molecule has 0 fully saturated rings. The van der Waals surface area contributed by atoms with Gasteiger partial charge in [-0.1, -0.05) is 17.7 Å². The molecule has 8 heteroatoms. The maximum absolute atomic E-state index is 12.5. The number of amides is 1. The second-order valence-corrected chi connectivity index (χ2v) is 8.06. The second-order valence-electron chi connectivity index (χ2n) is 7.04. The Hall–Kier alpha value is -2.87. The molecule has 0 radical (unpaired) electrons. The number of hydrogen-bond donors (Lipinski definition) is 1. The van der Waals surface area contributed by atoms with Gasteiger partial charge in [-0.3, -0.25) is 4.79 Å². The lowest BCUT2D eigenvalue weighted by atomic mass is 10.1. The van der Waals surface area contributed by atoms with Crippen molar-refractivity contribution >= 4 is 34.2 Å². The van der Waals surface area contributed by atoms with Gasteiger partial charge in [-0.25, -0.2) is 9.59 Å². The molecule has 1 heterocycles. The fourth-order valence-electron chi connectivity index (χ4n) is 2.78. The number of hydrogen-bond acceptors (Lipinski definition) is 7. The van der Waals surface area contributed by atoms with Crippen LogP contribution in [0, 0.1) is 20.8 Å². The first-order valence-corrected chi connectivity index (χ1v) is 10.5. The molecule has 2 rings (SSSR count). The molecule has 0 aliphatic heterocycles. The molecule has 0 aliphatic carbocycles. The molecule has 1 amide bonds. The summed E-state index contributed by atoms with van der Waals surface area (Å²) in [7, 11) is 0. The van der Waals surface area contributed by atoms with E-state index in [1.807, 2.05) is 26.0 Å². The average Bonchev–Trinajstić information content (AvgIpc) is 2.96. The predicted molar refractivity (Wildman–Crippen MR) is 116 cm³/mol. The van der Waals surface area contributed by atoms with Crippen LogP contribution in [0.4, 0.5) is 5.00 Å². The van der Waals surface area contributed by atoms with Gasteiger partial charge in [0, 0.05) is 0 Å². The summed E-state index contributed by atoms with van der Waals surface area (Å²) in [5.74, 6) is -1.01.